The van der Waals surface area contributed by atoms with Crippen molar-refractivity contribution in [3.63, 3.8) is 0 Å². The molecule has 1 aromatic carbocycles. The van der Waals surface area contributed by atoms with Gasteiger partial charge in [0.15, 0.2) is 0 Å². The van der Waals surface area contributed by atoms with Gasteiger partial charge in [0, 0.05) is 26.1 Å². The molecular formula is C25H33N3O5. The molecule has 33 heavy (non-hydrogen) atoms. The average molecular weight is 456 g/mol. The first-order chi connectivity index (χ1) is 15.9. The number of ether oxygens (including phenoxy) is 1. The molecule has 4 amide bonds. The topological polar surface area (TPSA) is 96.0 Å². The van der Waals surface area contributed by atoms with Gasteiger partial charge in [0.25, 0.3) is 0 Å². The molecular weight excluding hydrogens is 422 g/mol. The Kier molecular flexibility index (Phi) is 8.25. The number of rotatable bonds is 10. The van der Waals surface area contributed by atoms with Crippen LogP contribution in [0, 0.1) is 11.8 Å². The number of likely N-dealkylation sites (tertiary alicyclic amines) is 1. The van der Waals surface area contributed by atoms with E-state index in [-0.39, 0.29) is 55.0 Å². The number of allylic oxidation sites excluding steroid dienone is 2. The molecule has 0 saturated carbocycles. The quantitative estimate of drug-likeness (QED) is 0.431. The van der Waals surface area contributed by atoms with Crippen molar-refractivity contribution in [1.82, 2.24) is 15.1 Å². The van der Waals surface area contributed by atoms with Gasteiger partial charge in [-0.25, -0.2) is 0 Å². The number of carbonyl (C=O) groups is 4. The van der Waals surface area contributed by atoms with Crippen LogP contribution in [0.25, 0.3) is 0 Å². The molecule has 1 fully saturated rings. The molecule has 1 aliphatic heterocycles. The van der Waals surface area contributed by atoms with Crippen LogP contribution in [-0.4, -0.2) is 59.7 Å². The van der Waals surface area contributed by atoms with Crippen LogP contribution in [0.4, 0.5) is 0 Å². The van der Waals surface area contributed by atoms with Gasteiger partial charge in [-0.1, -0.05) is 31.2 Å². The van der Waals surface area contributed by atoms with Crippen LogP contribution in [0.3, 0.4) is 0 Å². The van der Waals surface area contributed by atoms with Gasteiger partial charge >= 0.3 is 0 Å². The summed E-state index contributed by atoms with van der Waals surface area (Å²) < 4.78 is 5.19. The summed E-state index contributed by atoms with van der Waals surface area (Å²) in [6, 6.07) is 6.61. The number of amides is 4. The predicted molar refractivity (Wildman–Crippen MR) is 123 cm³/mol. The molecule has 0 aromatic heterocycles. The zero-order chi connectivity index (χ0) is 24.0. The molecule has 0 spiro atoms. The van der Waals surface area contributed by atoms with Crippen molar-refractivity contribution >= 4 is 23.6 Å². The van der Waals surface area contributed by atoms with Crippen LogP contribution in [0.2, 0.25) is 0 Å². The minimum atomic E-state index is -0.692. The maximum atomic E-state index is 13.2. The highest BCUT2D eigenvalue weighted by Crippen LogP contribution is 2.35. The SMILES string of the molecule is CCCNC(=O)C(C)N(Cc1ccc(OC)cc1)C(=O)CCN1C(=O)[C@H]2CC=CC[C@H]2C1=O. The van der Waals surface area contributed by atoms with Gasteiger partial charge < -0.3 is 15.0 Å². The van der Waals surface area contributed by atoms with Crippen molar-refractivity contribution in [1.29, 1.82) is 0 Å². The lowest BCUT2D eigenvalue weighted by molar-refractivity contribution is -0.143. The first kappa shape index (κ1) is 24.5. The highest BCUT2D eigenvalue weighted by Gasteiger charge is 2.47. The molecule has 1 unspecified atom stereocenters. The fraction of sp³-hybridized carbons (Fsp3) is 0.520. The smallest absolute Gasteiger partial charge is 0.242 e. The molecule has 2 aliphatic rings. The predicted octanol–water partition coefficient (Wildman–Crippen LogP) is 2.28. The van der Waals surface area contributed by atoms with E-state index < -0.39 is 6.04 Å². The van der Waals surface area contributed by atoms with E-state index in [2.05, 4.69) is 5.32 Å². The Morgan fingerprint density at radius 3 is 2.27 bits per heavy atom. The molecule has 1 aliphatic carbocycles. The largest absolute Gasteiger partial charge is 0.497 e. The first-order valence-electron chi connectivity index (χ1n) is 11.6. The third-order valence-corrected chi connectivity index (χ3v) is 6.38. The molecule has 0 bridgehead atoms. The Hall–Kier alpha value is -3.16. The zero-order valence-corrected chi connectivity index (χ0v) is 19.6. The highest BCUT2D eigenvalue weighted by atomic mass is 16.5. The summed E-state index contributed by atoms with van der Waals surface area (Å²) >= 11 is 0. The van der Waals surface area contributed by atoms with E-state index in [1.165, 1.54) is 9.80 Å². The van der Waals surface area contributed by atoms with E-state index in [0.29, 0.717) is 25.1 Å². The van der Waals surface area contributed by atoms with Crippen LogP contribution in [0.15, 0.2) is 36.4 Å². The number of hydrogen-bond acceptors (Lipinski definition) is 5. The summed E-state index contributed by atoms with van der Waals surface area (Å²) in [5.74, 6) is -0.830. The molecule has 3 rings (SSSR count). The zero-order valence-electron chi connectivity index (χ0n) is 19.6. The summed E-state index contributed by atoms with van der Waals surface area (Å²) in [4.78, 5) is 54.0. The van der Waals surface area contributed by atoms with E-state index in [1.807, 2.05) is 31.2 Å². The molecule has 1 aromatic rings. The second-order valence-electron chi connectivity index (χ2n) is 8.57. The standard InChI is InChI=1S/C25H33N3O5/c1-4-14-26-23(30)17(2)28(16-18-9-11-19(33-3)12-10-18)22(29)13-15-27-24(31)20-7-5-6-8-21(20)25(27)32/h5-6,9-12,17,20-21H,4,7-8,13-16H2,1-3H3,(H,26,30)/t17?,20-,21+. The minimum Gasteiger partial charge on any atom is -0.497 e. The Bertz CT molecular complexity index is 885. The van der Waals surface area contributed by atoms with Crippen LogP contribution >= 0.6 is 0 Å². The van der Waals surface area contributed by atoms with Crippen molar-refractivity contribution in [2.45, 2.75) is 52.1 Å². The van der Waals surface area contributed by atoms with Gasteiger partial charge in [0.1, 0.15) is 11.8 Å². The molecule has 1 N–H and O–H groups in total. The van der Waals surface area contributed by atoms with Gasteiger partial charge in [-0.3, -0.25) is 24.1 Å². The van der Waals surface area contributed by atoms with Crippen molar-refractivity contribution in [2.24, 2.45) is 11.8 Å². The number of carbonyl (C=O) groups excluding carboxylic acids is 4. The second kappa shape index (κ2) is 11.1. The van der Waals surface area contributed by atoms with Crippen LogP contribution in [0.5, 0.6) is 5.75 Å². The third-order valence-electron chi connectivity index (χ3n) is 6.38. The lowest BCUT2D eigenvalue weighted by Gasteiger charge is -2.29. The maximum absolute atomic E-state index is 13.2. The van der Waals surface area contributed by atoms with Crippen molar-refractivity contribution in [3.05, 3.63) is 42.0 Å². The lowest BCUT2D eigenvalue weighted by Crippen LogP contribution is -2.48. The van der Waals surface area contributed by atoms with Crippen LogP contribution < -0.4 is 10.1 Å². The summed E-state index contributed by atoms with van der Waals surface area (Å²) in [7, 11) is 1.58. The Morgan fingerprint density at radius 2 is 1.73 bits per heavy atom. The Labute approximate surface area is 194 Å². The molecule has 8 nitrogen and oxygen atoms in total. The van der Waals surface area contributed by atoms with E-state index in [4.69, 9.17) is 4.74 Å². The fourth-order valence-electron chi connectivity index (χ4n) is 4.35. The first-order valence-corrected chi connectivity index (χ1v) is 11.6. The monoisotopic (exact) mass is 455 g/mol. The average Bonchev–Trinajstić information content (AvgIpc) is 3.08. The maximum Gasteiger partial charge on any atom is 0.242 e. The van der Waals surface area contributed by atoms with Crippen LogP contribution in [-0.2, 0) is 25.7 Å². The summed E-state index contributed by atoms with van der Waals surface area (Å²) in [6.07, 6.45) is 5.78. The minimum absolute atomic E-state index is 0.0219. The fourth-order valence-corrected chi connectivity index (χ4v) is 4.35. The summed E-state index contributed by atoms with van der Waals surface area (Å²) in [5, 5.41) is 2.84. The van der Waals surface area contributed by atoms with Crippen molar-refractivity contribution in [3.8, 4) is 5.75 Å². The number of methoxy groups -OCH3 is 1. The Balaban J connectivity index is 1.70. The van der Waals surface area contributed by atoms with Gasteiger partial charge in [-0.05, 0) is 43.9 Å². The lowest BCUT2D eigenvalue weighted by atomic mass is 9.85. The summed E-state index contributed by atoms with van der Waals surface area (Å²) in [5.41, 5.74) is 0.852. The molecule has 1 saturated heterocycles. The number of imide groups is 1. The number of fused-ring (bicyclic) bond motifs is 1. The summed E-state index contributed by atoms with van der Waals surface area (Å²) in [6.45, 7) is 4.45. The van der Waals surface area contributed by atoms with Gasteiger partial charge in [0.05, 0.1) is 18.9 Å². The Morgan fingerprint density at radius 1 is 1.12 bits per heavy atom. The molecule has 0 radical (unpaired) electrons. The molecule has 3 atom stereocenters. The highest BCUT2D eigenvalue weighted by molar-refractivity contribution is 6.05. The van der Waals surface area contributed by atoms with Crippen LogP contribution in [0.1, 0.15) is 45.1 Å². The van der Waals surface area contributed by atoms with Gasteiger partial charge in [0.2, 0.25) is 23.6 Å². The number of hydrogen-bond donors (Lipinski definition) is 1. The van der Waals surface area contributed by atoms with E-state index in [9.17, 15) is 19.2 Å². The molecule has 178 valence electrons. The van der Waals surface area contributed by atoms with E-state index in [0.717, 1.165) is 12.0 Å². The molecule has 8 heteroatoms. The molecule has 1 heterocycles. The number of benzene rings is 1. The second-order valence-corrected chi connectivity index (χ2v) is 8.57. The van der Waals surface area contributed by atoms with Crippen molar-refractivity contribution < 1.29 is 23.9 Å². The normalized spacial score (nSPS) is 20.4. The number of nitrogens with one attached hydrogen (secondary N) is 1. The van der Waals surface area contributed by atoms with Gasteiger partial charge in [-0.15, -0.1) is 0 Å². The number of nitrogens with zero attached hydrogens (tertiary/aromatic N) is 2. The third kappa shape index (κ3) is 5.61. The van der Waals surface area contributed by atoms with E-state index >= 15 is 0 Å². The van der Waals surface area contributed by atoms with Crippen molar-refractivity contribution in [2.75, 3.05) is 20.2 Å². The van der Waals surface area contributed by atoms with Gasteiger partial charge in [-0.2, -0.15) is 0 Å². The van der Waals surface area contributed by atoms with E-state index in [1.54, 1.807) is 26.2 Å².